The fraction of sp³-hybridized carbons (Fsp3) is 0.250. The molecule has 1 aliphatic carbocycles. The summed E-state index contributed by atoms with van der Waals surface area (Å²) in [4.78, 5) is 0. The van der Waals surface area contributed by atoms with Crippen molar-refractivity contribution in [3.05, 3.63) is 60.7 Å². The van der Waals surface area contributed by atoms with E-state index in [0.29, 0.717) is 0 Å². The number of ether oxygens (including phenoxy) is 2. The molecule has 0 spiro atoms. The molecule has 0 bridgehead atoms. The second-order valence-electron chi connectivity index (χ2n) is 4.59. The Kier molecular flexibility index (Phi) is 2.93. The highest BCUT2D eigenvalue weighted by atomic mass is 16.7. The molecule has 1 aliphatic rings. The molecule has 18 heavy (non-hydrogen) atoms. The smallest absolute Gasteiger partial charge is 0.251 e. The second kappa shape index (κ2) is 4.73. The zero-order valence-electron chi connectivity index (χ0n) is 10.2. The summed E-state index contributed by atoms with van der Waals surface area (Å²) in [5, 5.41) is 0. The van der Waals surface area contributed by atoms with Crippen LogP contribution in [0.2, 0.25) is 0 Å². The third kappa shape index (κ3) is 2.33. The highest BCUT2D eigenvalue weighted by Crippen LogP contribution is 2.38. The zero-order valence-corrected chi connectivity index (χ0v) is 10.2. The lowest BCUT2D eigenvalue weighted by Gasteiger charge is -2.41. The standard InChI is InChI=1S/C16H16O2/c1-3-8-14(9-4-1)17-16(12-7-13-16)18-15-10-5-2-6-11-15/h1-6,8-11H,7,12-13H2. The van der Waals surface area contributed by atoms with Gasteiger partial charge in [-0.15, -0.1) is 0 Å². The van der Waals surface area contributed by atoms with Crippen molar-refractivity contribution in [2.75, 3.05) is 0 Å². The van der Waals surface area contributed by atoms with Gasteiger partial charge >= 0.3 is 0 Å². The molecule has 0 aliphatic heterocycles. The molecule has 0 aromatic heterocycles. The Morgan fingerprint density at radius 1 is 0.667 bits per heavy atom. The summed E-state index contributed by atoms with van der Waals surface area (Å²) in [5.74, 6) is 1.27. The molecule has 0 saturated heterocycles. The van der Waals surface area contributed by atoms with Crippen LogP contribution < -0.4 is 9.47 Å². The van der Waals surface area contributed by atoms with Crippen LogP contribution in [0.3, 0.4) is 0 Å². The maximum absolute atomic E-state index is 6.02. The van der Waals surface area contributed by atoms with Crippen LogP contribution in [0.4, 0.5) is 0 Å². The quantitative estimate of drug-likeness (QED) is 0.751. The van der Waals surface area contributed by atoms with Gasteiger partial charge in [-0.25, -0.2) is 0 Å². The average molecular weight is 240 g/mol. The SMILES string of the molecule is c1ccc(OC2(Oc3ccccc3)CCC2)cc1. The lowest BCUT2D eigenvalue weighted by Crippen LogP contribution is -2.48. The first kappa shape index (κ1) is 11.1. The topological polar surface area (TPSA) is 18.5 Å². The van der Waals surface area contributed by atoms with Gasteiger partial charge in [-0.1, -0.05) is 36.4 Å². The van der Waals surface area contributed by atoms with Crippen LogP contribution in [-0.2, 0) is 0 Å². The van der Waals surface area contributed by atoms with Crippen molar-refractivity contribution in [3.8, 4) is 11.5 Å². The van der Waals surface area contributed by atoms with Gasteiger partial charge in [0.25, 0.3) is 5.79 Å². The number of benzene rings is 2. The van der Waals surface area contributed by atoms with Crippen LogP contribution in [0.5, 0.6) is 11.5 Å². The minimum absolute atomic E-state index is 0.470. The first-order chi connectivity index (χ1) is 8.86. The van der Waals surface area contributed by atoms with E-state index in [0.717, 1.165) is 30.8 Å². The van der Waals surface area contributed by atoms with Crippen LogP contribution in [0.1, 0.15) is 19.3 Å². The maximum atomic E-state index is 6.02. The van der Waals surface area contributed by atoms with Gasteiger partial charge < -0.3 is 9.47 Å². The molecule has 3 rings (SSSR count). The molecular weight excluding hydrogens is 224 g/mol. The molecule has 2 aromatic carbocycles. The van der Waals surface area contributed by atoms with Crippen molar-refractivity contribution in [3.63, 3.8) is 0 Å². The Hall–Kier alpha value is -1.96. The predicted octanol–water partition coefficient (Wildman–Crippen LogP) is 4.02. The first-order valence-electron chi connectivity index (χ1n) is 6.34. The second-order valence-corrected chi connectivity index (χ2v) is 4.59. The fourth-order valence-corrected chi connectivity index (χ4v) is 2.10. The number of rotatable bonds is 4. The molecule has 92 valence electrons. The van der Waals surface area contributed by atoms with E-state index >= 15 is 0 Å². The normalized spacial score (nSPS) is 16.7. The minimum Gasteiger partial charge on any atom is -0.452 e. The lowest BCUT2D eigenvalue weighted by atomic mass is 9.91. The van der Waals surface area contributed by atoms with Gasteiger partial charge in [0.2, 0.25) is 0 Å². The third-order valence-electron chi connectivity index (χ3n) is 3.21. The van der Waals surface area contributed by atoms with Crippen molar-refractivity contribution in [2.24, 2.45) is 0 Å². The van der Waals surface area contributed by atoms with E-state index in [1.165, 1.54) is 0 Å². The summed E-state index contributed by atoms with van der Waals surface area (Å²) in [7, 11) is 0. The van der Waals surface area contributed by atoms with Crippen LogP contribution in [0, 0.1) is 0 Å². The van der Waals surface area contributed by atoms with Crippen LogP contribution >= 0.6 is 0 Å². The molecule has 0 heterocycles. The van der Waals surface area contributed by atoms with E-state index < -0.39 is 5.79 Å². The van der Waals surface area contributed by atoms with E-state index in [9.17, 15) is 0 Å². The molecular formula is C16H16O2. The maximum Gasteiger partial charge on any atom is 0.251 e. The van der Waals surface area contributed by atoms with Crippen molar-refractivity contribution in [1.82, 2.24) is 0 Å². The molecule has 0 amide bonds. The van der Waals surface area contributed by atoms with Crippen LogP contribution in [0.15, 0.2) is 60.7 Å². The van der Waals surface area contributed by atoms with E-state index in [4.69, 9.17) is 9.47 Å². The summed E-state index contributed by atoms with van der Waals surface area (Å²) >= 11 is 0. The lowest BCUT2D eigenvalue weighted by molar-refractivity contribution is -0.168. The van der Waals surface area contributed by atoms with Gasteiger partial charge in [-0.2, -0.15) is 0 Å². The Morgan fingerprint density at radius 2 is 1.11 bits per heavy atom. The Bertz CT molecular complexity index is 446. The largest absolute Gasteiger partial charge is 0.452 e. The molecule has 1 fully saturated rings. The van der Waals surface area contributed by atoms with Gasteiger partial charge in [0, 0.05) is 12.8 Å². The summed E-state index contributed by atoms with van der Waals surface area (Å²) in [5.41, 5.74) is 0. The highest BCUT2D eigenvalue weighted by Gasteiger charge is 2.42. The zero-order chi connectivity index (χ0) is 12.3. The van der Waals surface area contributed by atoms with Crippen molar-refractivity contribution in [1.29, 1.82) is 0 Å². The molecule has 0 atom stereocenters. The number of hydrogen-bond donors (Lipinski definition) is 0. The van der Waals surface area contributed by atoms with Gasteiger partial charge in [-0.3, -0.25) is 0 Å². The molecule has 0 unspecified atom stereocenters. The monoisotopic (exact) mass is 240 g/mol. The van der Waals surface area contributed by atoms with Crippen LogP contribution in [-0.4, -0.2) is 5.79 Å². The summed E-state index contributed by atoms with van der Waals surface area (Å²) < 4.78 is 12.0. The highest BCUT2D eigenvalue weighted by molar-refractivity contribution is 5.25. The summed E-state index contributed by atoms with van der Waals surface area (Å²) in [6, 6.07) is 19.7. The Labute approximate surface area is 107 Å². The molecule has 0 N–H and O–H groups in total. The molecule has 2 nitrogen and oxygen atoms in total. The van der Waals surface area contributed by atoms with Gasteiger partial charge in [-0.05, 0) is 30.7 Å². The number of hydrogen-bond acceptors (Lipinski definition) is 2. The molecule has 2 aromatic rings. The van der Waals surface area contributed by atoms with Crippen LogP contribution in [0.25, 0.3) is 0 Å². The van der Waals surface area contributed by atoms with Crippen molar-refractivity contribution >= 4 is 0 Å². The van der Waals surface area contributed by atoms with Crippen molar-refractivity contribution < 1.29 is 9.47 Å². The third-order valence-corrected chi connectivity index (χ3v) is 3.21. The van der Waals surface area contributed by atoms with Gasteiger partial charge in [0.05, 0.1) is 0 Å². The molecule has 2 heteroatoms. The van der Waals surface area contributed by atoms with Crippen molar-refractivity contribution in [2.45, 2.75) is 25.0 Å². The average Bonchev–Trinajstić information content (AvgIpc) is 2.39. The summed E-state index contributed by atoms with van der Waals surface area (Å²) in [6.07, 6.45) is 3.03. The van der Waals surface area contributed by atoms with E-state index in [-0.39, 0.29) is 0 Å². The minimum atomic E-state index is -0.470. The fourth-order valence-electron chi connectivity index (χ4n) is 2.10. The first-order valence-corrected chi connectivity index (χ1v) is 6.34. The van der Waals surface area contributed by atoms with Gasteiger partial charge in [0.15, 0.2) is 0 Å². The summed E-state index contributed by atoms with van der Waals surface area (Å²) in [6.45, 7) is 0. The molecule has 1 saturated carbocycles. The Balaban J connectivity index is 1.75. The van der Waals surface area contributed by atoms with E-state index in [1.54, 1.807) is 0 Å². The Morgan fingerprint density at radius 3 is 1.44 bits per heavy atom. The van der Waals surface area contributed by atoms with E-state index in [2.05, 4.69) is 0 Å². The van der Waals surface area contributed by atoms with E-state index in [1.807, 2.05) is 60.7 Å². The molecule has 0 radical (unpaired) electrons. The van der Waals surface area contributed by atoms with Gasteiger partial charge in [0.1, 0.15) is 11.5 Å². The number of para-hydroxylation sites is 2. The predicted molar refractivity (Wildman–Crippen MR) is 70.7 cm³/mol.